The van der Waals surface area contributed by atoms with Crippen LogP contribution in [0, 0.1) is 0 Å². The Bertz CT molecular complexity index is 502. The molecule has 2 aromatic heterocycles. The van der Waals surface area contributed by atoms with Gasteiger partial charge in [0.25, 0.3) is 0 Å². The van der Waals surface area contributed by atoms with E-state index in [1.807, 2.05) is 36.4 Å². The van der Waals surface area contributed by atoms with Crippen molar-refractivity contribution in [3.8, 4) is 5.88 Å². The predicted molar refractivity (Wildman–Crippen MR) is 79.7 cm³/mol. The minimum atomic E-state index is 0.593. The molecule has 2 rings (SSSR count). The van der Waals surface area contributed by atoms with Crippen molar-refractivity contribution in [2.75, 3.05) is 13.2 Å². The number of nitrogens with one attached hydrogen (secondary N) is 1. The minimum Gasteiger partial charge on any atom is -0.477 e. The quantitative estimate of drug-likeness (QED) is 0.750. The standard InChI is InChI=1S/C16H21N3O/c1-2-10-17-13-15-7-5-8-16(19-15)20-12-9-14-6-3-4-11-18-14/h3-8,11,17H,2,9-10,12-13H2,1H3. The maximum absolute atomic E-state index is 5.68. The number of nitrogens with zero attached hydrogens (tertiary/aromatic N) is 2. The molecule has 0 radical (unpaired) electrons. The largest absolute Gasteiger partial charge is 0.477 e. The summed E-state index contributed by atoms with van der Waals surface area (Å²) in [5, 5.41) is 3.33. The van der Waals surface area contributed by atoms with E-state index in [0.717, 1.165) is 37.3 Å². The van der Waals surface area contributed by atoms with Crippen LogP contribution in [0.4, 0.5) is 0 Å². The van der Waals surface area contributed by atoms with Gasteiger partial charge >= 0.3 is 0 Å². The lowest BCUT2D eigenvalue weighted by molar-refractivity contribution is 0.307. The van der Waals surface area contributed by atoms with Crippen LogP contribution in [0.15, 0.2) is 42.6 Å². The van der Waals surface area contributed by atoms with Crippen LogP contribution in [0.5, 0.6) is 5.88 Å². The van der Waals surface area contributed by atoms with Crippen LogP contribution >= 0.6 is 0 Å². The Labute approximate surface area is 120 Å². The molecule has 2 aromatic rings. The van der Waals surface area contributed by atoms with Crippen LogP contribution in [0.3, 0.4) is 0 Å². The van der Waals surface area contributed by atoms with Crippen LogP contribution < -0.4 is 10.1 Å². The summed E-state index contributed by atoms with van der Waals surface area (Å²) in [7, 11) is 0. The Hall–Kier alpha value is -1.94. The lowest BCUT2D eigenvalue weighted by Crippen LogP contribution is -2.15. The van der Waals surface area contributed by atoms with Gasteiger partial charge in [-0.3, -0.25) is 4.98 Å². The van der Waals surface area contributed by atoms with E-state index in [1.165, 1.54) is 0 Å². The van der Waals surface area contributed by atoms with Crippen molar-refractivity contribution >= 4 is 0 Å². The molecule has 0 aliphatic heterocycles. The summed E-state index contributed by atoms with van der Waals surface area (Å²) in [6.07, 6.45) is 3.72. The zero-order valence-electron chi connectivity index (χ0n) is 11.9. The number of hydrogen-bond acceptors (Lipinski definition) is 4. The average molecular weight is 271 g/mol. The van der Waals surface area contributed by atoms with Crippen molar-refractivity contribution in [2.24, 2.45) is 0 Å². The molecule has 0 spiro atoms. The first-order valence-corrected chi connectivity index (χ1v) is 7.08. The highest BCUT2D eigenvalue weighted by Crippen LogP contribution is 2.08. The van der Waals surface area contributed by atoms with Crippen molar-refractivity contribution < 1.29 is 4.74 Å². The maximum atomic E-state index is 5.68. The highest BCUT2D eigenvalue weighted by atomic mass is 16.5. The van der Waals surface area contributed by atoms with Crippen molar-refractivity contribution in [2.45, 2.75) is 26.3 Å². The maximum Gasteiger partial charge on any atom is 0.213 e. The Morgan fingerprint density at radius 3 is 2.80 bits per heavy atom. The molecule has 0 unspecified atom stereocenters. The zero-order chi connectivity index (χ0) is 14.0. The smallest absolute Gasteiger partial charge is 0.213 e. The summed E-state index contributed by atoms with van der Waals surface area (Å²) < 4.78 is 5.68. The van der Waals surface area contributed by atoms with E-state index < -0.39 is 0 Å². The molecule has 0 bridgehead atoms. The molecule has 4 heteroatoms. The zero-order valence-corrected chi connectivity index (χ0v) is 11.9. The van der Waals surface area contributed by atoms with Gasteiger partial charge in [0.15, 0.2) is 0 Å². The van der Waals surface area contributed by atoms with Gasteiger partial charge in [-0.15, -0.1) is 0 Å². The van der Waals surface area contributed by atoms with Crippen LogP contribution in [-0.4, -0.2) is 23.1 Å². The normalized spacial score (nSPS) is 10.4. The van der Waals surface area contributed by atoms with Gasteiger partial charge in [0, 0.05) is 30.9 Å². The van der Waals surface area contributed by atoms with Crippen LogP contribution in [0.1, 0.15) is 24.7 Å². The SMILES string of the molecule is CCCNCc1cccc(OCCc2ccccn2)n1. The Balaban J connectivity index is 1.79. The topological polar surface area (TPSA) is 47.0 Å². The van der Waals surface area contributed by atoms with E-state index in [2.05, 4.69) is 22.2 Å². The van der Waals surface area contributed by atoms with Crippen molar-refractivity contribution in [3.63, 3.8) is 0 Å². The third kappa shape index (κ3) is 4.97. The first-order valence-electron chi connectivity index (χ1n) is 7.08. The number of ether oxygens (including phenoxy) is 1. The fraction of sp³-hybridized carbons (Fsp3) is 0.375. The minimum absolute atomic E-state index is 0.593. The lowest BCUT2D eigenvalue weighted by atomic mass is 10.3. The molecule has 106 valence electrons. The third-order valence-corrected chi connectivity index (χ3v) is 2.85. The van der Waals surface area contributed by atoms with Crippen LogP contribution in [-0.2, 0) is 13.0 Å². The van der Waals surface area contributed by atoms with E-state index in [4.69, 9.17) is 4.74 Å². The molecule has 4 nitrogen and oxygen atoms in total. The average Bonchev–Trinajstić information content (AvgIpc) is 2.49. The summed E-state index contributed by atoms with van der Waals surface area (Å²) >= 11 is 0. The highest BCUT2D eigenvalue weighted by Gasteiger charge is 1.99. The summed E-state index contributed by atoms with van der Waals surface area (Å²) in [6.45, 7) is 4.53. The number of rotatable bonds is 8. The molecule has 1 N–H and O–H groups in total. The van der Waals surface area contributed by atoms with E-state index in [9.17, 15) is 0 Å². The highest BCUT2D eigenvalue weighted by molar-refractivity contribution is 5.16. The summed E-state index contributed by atoms with van der Waals surface area (Å²) in [5.41, 5.74) is 2.04. The lowest BCUT2D eigenvalue weighted by Gasteiger charge is -2.07. The summed E-state index contributed by atoms with van der Waals surface area (Å²) in [4.78, 5) is 8.74. The van der Waals surface area contributed by atoms with Gasteiger partial charge in [-0.2, -0.15) is 0 Å². The van der Waals surface area contributed by atoms with Crippen LogP contribution in [0.2, 0.25) is 0 Å². The number of pyridine rings is 2. The number of hydrogen-bond donors (Lipinski definition) is 1. The van der Waals surface area contributed by atoms with Gasteiger partial charge in [0.1, 0.15) is 0 Å². The Morgan fingerprint density at radius 1 is 1.10 bits per heavy atom. The third-order valence-electron chi connectivity index (χ3n) is 2.85. The summed E-state index contributed by atoms with van der Waals surface area (Å²) in [5.74, 6) is 0.678. The molecule has 0 saturated heterocycles. The van der Waals surface area contributed by atoms with Gasteiger partial charge in [0.2, 0.25) is 5.88 Å². The Kier molecular flexibility index (Phi) is 5.99. The van der Waals surface area contributed by atoms with Gasteiger partial charge in [-0.1, -0.05) is 19.1 Å². The van der Waals surface area contributed by atoms with Gasteiger partial charge < -0.3 is 10.1 Å². The van der Waals surface area contributed by atoms with Crippen LogP contribution in [0.25, 0.3) is 0 Å². The first kappa shape index (κ1) is 14.5. The fourth-order valence-electron chi connectivity index (χ4n) is 1.84. The second-order valence-corrected chi connectivity index (χ2v) is 4.56. The molecule has 0 fully saturated rings. The molecule has 0 aliphatic carbocycles. The molecule has 2 heterocycles. The van der Waals surface area contributed by atoms with E-state index >= 15 is 0 Å². The summed E-state index contributed by atoms with van der Waals surface area (Å²) in [6, 6.07) is 11.8. The van der Waals surface area contributed by atoms with E-state index in [0.29, 0.717) is 12.5 Å². The van der Waals surface area contributed by atoms with Gasteiger partial charge in [0.05, 0.1) is 12.3 Å². The monoisotopic (exact) mass is 271 g/mol. The molecular weight excluding hydrogens is 250 g/mol. The van der Waals surface area contributed by atoms with Crippen molar-refractivity contribution in [1.82, 2.24) is 15.3 Å². The second-order valence-electron chi connectivity index (χ2n) is 4.56. The molecule has 0 atom stereocenters. The second kappa shape index (κ2) is 8.27. The molecule has 0 amide bonds. The fourth-order valence-corrected chi connectivity index (χ4v) is 1.84. The Morgan fingerprint density at radius 2 is 2.00 bits per heavy atom. The molecular formula is C16H21N3O. The van der Waals surface area contributed by atoms with Gasteiger partial charge in [-0.25, -0.2) is 4.98 Å². The van der Waals surface area contributed by atoms with Gasteiger partial charge in [-0.05, 0) is 31.2 Å². The van der Waals surface area contributed by atoms with E-state index in [1.54, 1.807) is 6.20 Å². The van der Waals surface area contributed by atoms with E-state index in [-0.39, 0.29) is 0 Å². The molecule has 0 aliphatic rings. The number of aromatic nitrogens is 2. The van der Waals surface area contributed by atoms with Crippen molar-refractivity contribution in [3.05, 3.63) is 54.0 Å². The van der Waals surface area contributed by atoms with Crippen molar-refractivity contribution in [1.29, 1.82) is 0 Å². The molecule has 20 heavy (non-hydrogen) atoms. The molecule has 0 saturated carbocycles. The first-order chi connectivity index (χ1) is 9.88. The predicted octanol–water partition coefficient (Wildman–Crippen LogP) is 2.60. The molecule has 0 aromatic carbocycles.